The van der Waals surface area contributed by atoms with Crippen molar-refractivity contribution in [3.8, 4) is 5.75 Å². The van der Waals surface area contributed by atoms with Crippen LogP contribution in [-0.2, 0) is 11.3 Å². The molecule has 0 aromatic heterocycles. The largest absolute Gasteiger partial charge is 0.490 e. The summed E-state index contributed by atoms with van der Waals surface area (Å²) in [5.41, 5.74) is 6.99. The van der Waals surface area contributed by atoms with E-state index < -0.39 is 0 Å². The lowest BCUT2D eigenvalue weighted by Crippen LogP contribution is -2.32. The highest BCUT2D eigenvalue weighted by Gasteiger charge is 2.17. The minimum Gasteiger partial charge on any atom is -0.490 e. The Labute approximate surface area is 139 Å². The van der Waals surface area contributed by atoms with E-state index in [0.29, 0.717) is 18.6 Å². The first-order valence-corrected chi connectivity index (χ1v) is 8.65. The number of nitrogens with zero attached hydrogens (tertiary/aromatic N) is 1. The maximum atomic E-state index is 6.12. The molecule has 1 aliphatic rings. The zero-order chi connectivity index (χ0) is 16.3. The molecule has 1 fully saturated rings. The van der Waals surface area contributed by atoms with Crippen molar-refractivity contribution >= 4 is 5.96 Å². The van der Waals surface area contributed by atoms with E-state index in [1.54, 1.807) is 0 Å². The van der Waals surface area contributed by atoms with E-state index in [1.165, 1.54) is 12.8 Å². The van der Waals surface area contributed by atoms with Gasteiger partial charge in [0.1, 0.15) is 5.75 Å². The second-order valence-corrected chi connectivity index (χ2v) is 5.81. The summed E-state index contributed by atoms with van der Waals surface area (Å²) < 4.78 is 11.4. The Morgan fingerprint density at radius 1 is 1.30 bits per heavy atom. The predicted molar refractivity (Wildman–Crippen MR) is 93.8 cm³/mol. The van der Waals surface area contributed by atoms with Crippen molar-refractivity contribution in [2.75, 3.05) is 19.8 Å². The average Bonchev–Trinajstić information content (AvgIpc) is 3.07. The van der Waals surface area contributed by atoms with Gasteiger partial charge in [0.05, 0.1) is 12.6 Å². The van der Waals surface area contributed by atoms with Gasteiger partial charge < -0.3 is 20.5 Å². The molecule has 1 aromatic carbocycles. The molecule has 0 atom stereocenters. The number of hydrogen-bond donors (Lipinski definition) is 2. The van der Waals surface area contributed by atoms with Crippen LogP contribution in [0.15, 0.2) is 29.3 Å². The molecule has 5 heteroatoms. The van der Waals surface area contributed by atoms with E-state index in [2.05, 4.69) is 16.4 Å². The van der Waals surface area contributed by atoms with Crippen LogP contribution in [0, 0.1) is 0 Å². The fraction of sp³-hybridized carbons (Fsp3) is 0.611. The minimum absolute atomic E-state index is 0.356. The molecule has 0 bridgehead atoms. The van der Waals surface area contributed by atoms with Crippen LogP contribution in [0.2, 0.25) is 0 Å². The summed E-state index contributed by atoms with van der Waals surface area (Å²) in [5, 5.41) is 3.11. The third-order valence-corrected chi connectivity index (χ3v) is 3.96. The maximum absolute atomic E-state index is 6.12. The Kier molecular flexibility index (Phi) is 7.73. The Hall–Kier alpha value is -1.75. The highest BCUT2D eigenvalue weighted by Crippen LogP contribution is 2.26. The minimum atomic E-state index is 0.356. The molecule has 0 unspecified atom stereocenters. The molecule has 23 heavy (non-hydrogen) atoms. The van der Waals surface area contributed by atoms with Gasteiger partial charge in [-0.05, 0) is 45.1 Å². The molecular formula is C18H29N3O2. The molecule has 1 aliphatic carbocycles. The van der Waals surface area contributed by atoms with Crippen LogP contribution in [0.1, 0.15) is 44.6 Å². The van der Waals surface area contributed by atoms with Crippen molar-refractivity contribution in [3.05, 3.63) is 29.8 Å². The van der Waals surface area contributed by atoms with Gasteiger partial charge in [0.2, 0.25) is 0 Å². The molecule has 0 amide bonds. The van der Waals surface area contributed by atoms with E-state index in [4.69, 9.17) is 15.2 Å². The Bertz CT molecular complexity index is 485. The molecule has 0 aliphatic heterocycles. The van der Waals surface area contributed by atoms with Crippen molar-refractivity contribution < 1.29 is 9.47 Å². The molecule has 0 heterocycles. The topological polar surface area (TPSA) is 68.9 Å². The quantitative estimate of drug-likeness (QED) is 0.417. The van der Waals surface area contributed by atoms with E-state index in [-0.39, 0.29) is 0 Å². The number of guanidine groups is 1. The van der Waals surface area contributed by atoms with E-state index >= 15 is 0 Å². The van der Waals surface area contributed by atoms with Crippen LogP contribution in [0.3, 0.4) is 0 Å². The lowest BCUT2D eigenvalue weighted by atomic mass is 10.2. The second-order valence-electron chi connectivity index (χ2n) is 5.81. The third kappa shape index (κ3) is 6.48. The Balaban J connectivity index is 1.80. The number of nitrogens with one attached hydrogen (secondary N) is 1. The Morgan fingerprint density at radius 2 is 2.09 bits per heavy atom. The summed E-state index contributed by atoms with van der Waals surface area (Å²) in [4.78, 5) is 4.41. The smallest absolute Gasteiger partial charge is 0.188 e. The summed E-state index contributed by atoms with van der Waals surface area (Å²) >= 11 is 0. The molecule has 0 radical (unpaired) electrons. The first kappa shape index (κ1) is 17.6. The highest BCUT2D eigenvalue weighted by atomic mass is 16.5. The van der Waals surface area contributed by atoms with Crippen LogP contribution in [0.5, 0.6) is 5.75 Å². The van der Waals surface area contributed by atoms with Gasteiger partial charge in [0.15, 0.2) is 5.96 Å². The van der Waals surface area contributed by atoms with Crippen molar-refractivity contribution in [1.82, 2.24) is 5.32 Å². The number of aliphatic imine (C=N–C) groups is 1. The normalized spacial score (nSPS) is 15.8. The van der Waals surface area contributed by atoms with Gasteiger partial charge in [-0.25, -0.2) is 4.99 Å². The van der Waals surface area contributed by atoms with Gasteiger partial charge in [-0.1, -0.05) is 18.2 Å². The summed E-state index contributed by atoms with van der Waals surface area (Å²) in [7, 11) is 0. The zero-order valence-corrected chi connectivity index (χ0v) is 14.1. The average molecular weight is 319 g/mol. The highest BCUT2D eigenvalue weighted by molar-refractivity contribution is 5.77. The molecule has 5 nitrogen and oxygen atoms in total. The molecular weight excluding hydrogens is 290 g/mol. The van der Waals surface area contributed by atoms with Crippen LogP contribution in [-0.4, -0.2) is 31.8 Å². The summed E-state index contributed by atoms with van der Waals surface area (Å²) in [6.07, 6.45) is 6.12. The lowest BCUT2D eigenvalue weighted by molar-refractivity contribution is 0.145. The van der Waals surface area contributed by atoms with E-state index in [0.717, 1.165) is 50.3 Å². The summed E-state index contributed by atoms with van der Waals surface area (Å²) in [5.74, 6) is 1.41. The van der Waals surface area contributed by atoms with Crippen LogP contribution in [0.4, 0.5) is 0 Å². The third-order valence-electron chi connectivity index (χ3n) is 3.96. The molecule has 0 spiro atoms. The fourth-order valence-electron chi connectivity index (χ4n) is 2.70. The van der Waals surface area contributed by atoms with E-state index in [1.807, 2.05) is 25.1 Å². The monoisotopic (exact) mass is 319 g/mol. The van der Waals surface area contributed by atoms with Crippen molar-refractivity contribution in [2.45, 2.75) is 51.7 Å². The zero-order valence-electron chi connectivity index (χ0n) is 14.1. The Morgan fingerprint density at radius 3 is 2.87 bits per heavy atom. The van der Waals surface area contributed by atoms with Crippen molar-refractivity contribution in [3.63, 3.8) is 0 Å². The number of rotatable bonds is 9. The van der Waals surface area contributed by atoms with Crippen LogP contribution in [0.25, 0.3) is 0 Å². The van der Waals surface area contributed by atoms with Crippen LogP contribution >= 0.6 is 0 Å². The lowest BCUT2D eigenvalue weighted by Gasteiger charge is -2.15. The SMILES string of the molecule is CCOCCCNC(N)=NCc1ccccc1OC1CCCC1. The van der Waals surface area contributed by atoms with Gasteiger partial charge in [0.25, 0.3) is 0 Å². The van der Waals surface area contributed by atoms with Gasteiger partial charge >= 0.3 is 0 Å². The molecule has 2 rings (SSSR count). The van der Waals surface area contributed by atoms with Gasteiger partial charge in [-0.2, -0.15) is 0 Å². The standard InChI is InChI=1S/C18H29N3O2/c1-2-22-13-7-12-20-18(19)21-14-15-8-3-6-11-17(15)23-16-9-4-5-10-16/h3,6,8,11,16H,2,4-5,7,9-10,12-14H2,1H3,(H3,19,20,21). The predicted octanol–water partition coefficient (Wildman–Crippen LogP) is 2.84. The molecule has 1 saturated carbocycles. The van der Waals surface area contributed by atoms with Gasteiger partial charge in [0, 0.05) is 25.3 Å². The van der Waals surface area contributed by atoms with Crippen molar-refractivity contribution in [2.24, 2.45) is 10.7 Å². The van der Waals surface area contributed by atoms with Gasteiger partial charge in [-0.3, -0.25) is 0 Å². The van der Waals surface area contributed by atoms with E-state index in [9.17, 15) is 0 Å². The molecule has 3 N–H and O–H groups in total. The number of hydrogen-bond acceptors (Lipinski definition) is 3. The molecule has 1 aromatic rings. The molecule has 128 valence electrons. The number of nitrogens with two attached hydrogens (primary N) is 1. The van der Waals surface area contributed by atoms with Crippen LogP contribution < -0.4 is 15.8 Å². The maximum Gasteiger partial charge on any atom is 0.188 e. The van der Waals surface area contributed by atoms with Gasteiger partial charge in [-0.15, -0.1) is 0 Å². The number of benzene rings is 1. The number of ether oxygens (including phenoxy) is 2. The summed E-state index contributed by atoms with van der Waals surface area (Å²) in [6.45, 7) is 4.80. The summed E-state index contributed by atoms with van der Waals surface area (Å²) in [6, 6.07) is 8.09. The first-order valence-electron chi connectivity index (χ1n) is 8.65. The second kappa shape index (κ2) is 10.1. The first-order chi connectivity index (χ1) is 11.3. The fourth-order valence-corrected chi connectivity index (χ4v) is 2.70. The number of para-hydroxylation sites is 1. The molecule has 0 saturated heterocycles. The van der Waals surface area contributed by atoms with Crippen molar-refractivity contribution in [1.29, 1.82) is 0 Å².